The fourth-order valence-corrected chi connectivity index (χ4v) is 1.95. The Morgan fingerprint density at radius 2 is 2.18 bits per heavy atom. The molecule has 0 fully saturated rings. The lowest BCUT2D eigenvalue weighted by Gasteiger charge is -2.27. The Morgan fingerprint density at radius 3 is 2.65 bits per heavy atom. The van der Waals surface area contributed by atoms with Crippen LogP contribution < -0.4 is 10.6 Å². The fourth-order valence-electron chi connectivity index (χ4n) is 1.95. The van der Waals surface area contributed by atoms with Crippen molar-refractivity contribution in [3.8, 4) is 0 Å². The Balaban J connectivity index is 3.18. The monoisotopic (exact) mass is 236 g/mol. The number of nitrogens with two attached hydrogens (primary N) is 1. The van der Waals surface area contributed by atoms with Crippen LogP contribution in [0.3, 0.4) is 0 Å². The summed E-state index contributed by atoms with van der Waals surface area (Å²) in [6, 6.07) is 4.77. The predicted octanol–water partition coefficient (Wildman–Crippen LogP) is 3.25. The van der Waals surface area contributed by atoms with Crippen LogP contribution in [0.2, 0.25) is 0 Å². The topological polar surface area (TPSA) is 29.3 Å². The van der Waals surface area contributed by atoms with E-state index in [4.69, 9.17) is 5.73 Å². The van der Waals surface area contributed by atoms with Gasteiger partial charge in [0.05, 0.1) is 0 Å². The third-order valence-electron chi connectivity index (χ3n) is 2.67. The van der Waals surface area contributed by atoms with Crippen LogP contribution in [0.25, 0.3) is 0 Å². The molecule has 0 amide bonds. The van der Waals surface area contributed by atoms with Gasteiger partial charge in [0.25, 0.3) is 0 Å². The van der Waals surface area contributed by atoms with E-state index in [-0.39, 0.29) is 11.9 Å². The van der Waals surface area contributed by atoms with Gasteiger partial charge in [-0.3, -0.25) is 0 Å². The minimum Gasteiger partial charge on any atom is -0.367 e. The van der Waals surface area contributed by atoms with Crippen LogP contribution in [0.4, 0.5) is 10.1 Å². The van der Waals surface area contributed by atoms with Crippen LogP contribution in [0.15, 0.2) is 30.4 Å². The van der Waals surface area contributed by atoms with Crippen molar-refractivity contribution < 1.29 is 4.39 Å². The maximum atomic E-state index is 13.8. The van der Waals surface area contributed by atoms with E-state index >= 15 is 0 Å². The van der Waals surface area contributed by atoms with Gasteiger partial charge in [-0.05, 0) is 32.9 Å². The first-order chi connectivity index (χ1) is 7.97. The lowest BCUT2D eigenvalue weighted by Crippen LogP contribution is -2.27. The highest BCUT2D eigenvalue weighted by atomic mass is 19.1. The number of hydrogen-bond donors (Lipinski definition) is 1. The van der Waals surface area contributed by atoms with Gasteiger partial charge in [0.1, 0.15) is 5.82 Å². The Kier molecular flexibility index (Phi) is 4.70. The van der Waals surface area contributed by atoms with Crippen molar-refractivity contribution in [3.63, 3.8) is 0 Å². The van der Waals surface area contributed by atoms with Gasteiger partial charge in [-0.15, -0.1) is 0 Å². The highest BCUT2D eigenvalue weighted by molar-refractivity contribution is 5.56. The molecule has 0 aliphatic carbocycles. The van der Waals surface area contributed by atoms with Crippen molar-refractivity contribution in [2.24, 2.45) is 5.73 Å². The first-order valence-electron chi connectivity index (χ1n) is 5.90. The second-order valence-corrected chi connectivity index (χ2v) is 4.43. The second-order valence-electron chi connectivity index (χ2n) is 4.43. The molecule has 0 radical (unpaired) electrons. The first kappa shape index (κ1) is 13.7. The quantitative estimate of drug-likeness (QED) is 0.795. The van der Waals surface area contributed by atoms with E-state index in [1.165, 1.54) is 6.07 Å². The standard InChI is InChI=1S/C14H21FN2/c1-5-17(9-10(2)3)13-8-6-7-12(15)14(13)11(4)16/h6-8,11H,2,5,9,16H2,1,3-4H3. The summed E-state index contributed by atoms with van der Waals surface area (Å²) in [5.74, 6) is -0.238. The van der Waals surface area contributed by atoms with Crippen LogP contribution >= 0.6 is 0 Å². The van der Waals surface area contributed by atoms with Gasteiger partial charge in [0, 0.05) is 30.4 Å². The van der Waals surface area contributed by atoms with Crippen LogP contribution in [0, 0.1) is 5.82 Å². The molecule has 0 spiro atoms. The smallest absolute Gasteiger partial charge is 0.130 e. The summed E-state index contributed by atoms with van der Waals surface area (Å²) >= 11 is 0. The predicted molar refractivity (Wildman–Crippen MR) is 71.7 cm³/mol. The van der Waals surface area contributed by atoms with Gasteiger partial charge in [0.15, 0.2) is 0 Å². The van der Waals surface area contributed by atoms with Gasteiger partial charge >= 0.3 is 0 Å². The van der Waals surface area contributed by atoms with Crippen LogP contribution in [0.5, 0.6) is 0 Å². The SMILES string of the molecule is C=C(C)CN(CC)c1cccc(F)c1C(C)N. The lowest BCUT2D eigenvalue weighted by atomic mass is 10.0. The average Bonchev–Trinajstić information content (AvgIpc) is 2.24. The zero-order chi connectivity index (χ0) is 13.0. The summed E-state index contributed by atoms with van der Waals surface area (Å²) in [6.07, 6.45) is 0. The number of likely N-dealkylation sites (N-methyl/N-ethyl adjacent to an activating group) is 1. The Hall–Kier alpha value is -1.35. The molecular weight excluding hydrogens is 215 g/mol. The van der Waals surface area contributed by atoms with Gasteiger partial charge in [-0.2, -0.15) is 0 Å². The summed E-state index contributed by atoms with van der Waals surface area (Å²) in [5, 5.41) is 0. The van der Waals surface area contributed by atoms with Crippen molar-refractivity contribution in [1.82, 2.24) is 0 Å². The minimum atomic E-state index is -0.314. The molecule has 0 aliphatic rings. The van der Waals surface area contributed by atoms with Crippen LogP contribution in [-0.2, 0) is 0 Å². The van der Waals surface area contributed by atoms with E-state index in [2.05, 4.69) is 11.5 Å². The highest BCUT2D eigenvalue weighted by Crippen LogP contribution is 2.28. The van der Waals surface area contributed by atoms with E-state index in [1.54, 1.807) is 13.0 Å². The summed E-state index contributed by atoms with van der Waals surface area (Å²) in [5.41, 5.74) is 8.34. The third kappa shape index (κ3) is 3.30. The molecular formula is C14H21FN2. The maximum Gasteiger partial charge on any atom is 0.130 e. The summed E-state index contributed by atoms with van der Waals surface area (Å²) in [4.78, 5) is 2.09. The lowest BCUT2D eigenvalue weighted by molar-refractivity contribution is 0.592. The number of hydrogen-bond acceptors (Lipinski definition) is 2. The van der Waals surface area contributed by atoms with Crippen molar-refractivity contribution in [2.75, 3.05) is 18.0 Å². The molecule has 1 aromatic carbocycles. The number of rotatable bonds is 5. The van der Waals surface area contributed by atoms with Crippen molar-refractivity contribution in [1.29, 1.82) is 0 Å². The van der Waals surface area contributed by atoms with Gasteiger partial charge in [0.2, 0.25) is 0 Å². The maximum absolute atomic E-state index is 13.8. The number of halogens is 1. The molecule has 0 aromatic heterocycles. The van der Waals surface area contributed by atoms with E-state index in [0.717, 1.165) is 24.4 Å². The molecule has 0 heterocycles. The van der Waals surface area contributed by atoms with Crippen molar-refractivity contribution in [2.45, 2.75) is 26.8 Å². The third-order valence-corrected chi connectivity index (χ3v) is 2.67. The summed E-state index contributed by atoms with van der Waals surface area (Å²) in [7, 11) is 0. The molecule has 0 aliphatic heterocycles. The molecule has 17 heavy (non-hydrogen) atoms. The Labute approximate surface area is 103 Å². The zero-order valence-corrected chi connectivity index (χ0v) is 10.8. The van der Waals surface area contributed by atoms with Gasteiger partial charge in [-0.25, -0.2) is 4.39 Å². The van der Waals surface area contributed by atoms with Crippen LogP contribution in [-0.4, -0.2) is 13.1 Å². The van der Waals surface area contributed by atoms with E-state index in [1.807, 2.05) is 19.9 Å². The van der Waals surface area contributed by atoms with Crippen LogP contribution in [0.1, 0.15) is 32.4 Å². The Bertz CT molecular complexity index is 399. The average molecular weight is 236 g/mol. The van der Waals surface area contributed by atoms with Gasteiger partial charge in [-0.1, -0.05) is 18.2 Å². The molecule has 0 bridgehead atoms. The van der Waals surface area contributed by atoms with Gasteiger partial charge < -0.3 is 10.6 Å². The van der Waals surface area contributed by atoms with Crippen molar-refractivity contribution in [3.05, 3.63) is 41.7 Å². The summed E-state index contributed by atoms with van der Waals surface area (Å²) in [6.45, 7) is 11.2. The molecule has 1 unspecified atom stereocenters. The molecule has 0 saturated carbocycles. The molecule has 94 valence electrons. The molecule has 3 heteroatoms. The largest absolute Gasteiger partial charge is 0.367 e. The minimum absolute atomic E-state index is 0.238. The molecule has 2 nitrogen and oxygen atoms in total. The number of nitrogens with zero attached hydrogens (tertiary/aromatic N) is 1. The second kappa shape index (κ2) is 5.82. The molecule has 0 saturated heterocycles. The van der Waals surface area contributed by atoms with E-state index < -0.39 is 0 Å². The zero-order valence-electron chi connectivity index (χ0n) is 10.8. The number of anilines is 1. The van der Waals surface area contributed by atoms with Crippen molar-refractivity contribution >= 4 is 5.69 Å². The van der Waals surface area contributed by atoms with E-state index in [0.29, 0.717) is 5.56 Å². The molecule has 2 N–H and O–H groups in total. The van der Waals surface area contributed by atoms with E-state index in [9.17, 15) is 4.39 Å². The highest BCUT2D eigenvalue weighted by Gasteiger charge is 2.16. The Morgan fingerprint density at radius 1 is 1.53 bits per heavy atom. The molecule has 1 rings (SSSR count). The molecule has 1 aromatic rings. The first-order valence-corrected chi connectivity index (χ1v) is 5.90. The fraction of sp³-hybridized carbons (Fsp3) is 0.429. The number of benzene rings is 1. The molecule has 1 atom stereocenters. The summed E-state index contributed by atoms with van der Waals surface area (Å²) < 4.78 is 13.8. The normalized spacial score (nSPS) is 12.3.